The monoisotopic (exact) mass is 342 g/mol. The summed E-state index contributed by atoms with van der Waals surface area (Å²) < 4.78 is 0. The number of pyridine rings is 1. The van der Waals surface area contributed by atoms with Crippen LogP contribution in [0.15, 0.2) is 72.8 Å². The van der Waals surface area contributed by atoms with E-state index in [1.165, 1.54) is 12.1 Å². The van der Waals surface area contributed by atoms with Gasteiger partial charge in [-0.05, 0) is 36.4 Å². The van der Waals surface area contributed by atoms with E-state index in [2.05, 4.69) is 15.6 Å². The molecule has 0 saturated carbocycles. The minimum absolute atomic E-state index is 0.0819. The lowest BCUT2D eigenvalue weighted by atomic mass is 10.2. The quantitative estimate of drug-likeness (QED) is 0.759. The summed E-state index contributed by atoms with van der Waals surface area (Å²) in [6.45, 7) is 0. The van der Waals surface area contributed by atoms with Gasteiger partial charge in [0.25, 0.3) is 11.8 Å². The maximum atomic E-state index is 12.4. The molecule has 0 aliphatic rings. The van der Waals surface area contributed by atoms with Crippen molar-refractivity contribution in [1.29, 1.82) is 5.26 Å². The topological polar surface area (TPSA) is 94.9 Å². The summed E-state index contributed by atoms with van der Waals surface area (Å²) in [5.74, 6) is -0.912. The van der Waals surface area contributed by atoms with Gasteiger partial charge in [0.2, 0.25) is 0 Å². The molecule has 0 aliphatic carbocycles. The number of para-hydroxylation sites is 2. The Bertz CT molecular complexity index is 994. The Labute approximate surface area is 150 Å². The van der Waals surface area contributed by atoms with Crippen LogP contribution in [0.4, 0.5) is 11.4 Å². The Hall–Kier alpha value is -3.98. The lowest BCUT2D eigenvalue weighted by Gasteiger charge is -2.08. The molecule has 0 spiro atoms. The van der Waals surface area contributed by atoms with Crippen LogP contribution in [0.5, 0.6) is 0 Å². The van der Waals surface area contributed by atoms with Gasteiger partial charge in [-0.2, -0.15) is 5.26 Å². The second-order valence-corrected chi connectivity index (χ2v) is 5.34. The van der Waals surface area contributed by atoms with E-state index in [0.29, 0.717) is 16.9 Å². The highest BCUT2D eigenvalue weighted by atomic mass is 16.2. The molecular formula is C20H14N4O2. The zero-order valence-electron chi connectivity index (χ0n) is 13.6. The maximum absolute atomic E-state index is 12.4. The molecule has 1 aromatic heterocycles. The van der Waals surface area contributed by atoms with Crippen molar-refractivity contribution in [2.45, 2.75) is 0 Å². The number of benzene rings is 2. The average Bonchev–Trinajstić information content (AvgIpc) is 2.69. The predicted molar refractivity (Wildman–Crippen MR) is 97.7 cm³/mol. The molecule has 0 fully saturated rings. The molecule has 26 heavy (non-hydrogen) atoms. The Morgan fingerprint density at radius 3 is 2.08 bits per heavy atom. The van der Waals surface area contributed by atoms with Crippen molar-refractivity contribution in [3.8, 4) is 6.07 Å². The Balaban J connectivity index is 1.77. The summed E-state index contributed by atoms with van der Waals surface area (Å²) in [5.41, 5.74) is 1.57. The van der Waals surface area contributed by atoms with Crippen molar-refractivity contribution in [3.63, 3.8) is 0 Å². The van der Waals surface area contributed by atoms with E-state index in [1.807, 2.05) is 12.1 Å². The van der Waals surface area contributed by atoms with Crippen LogP contribution in [-0.4, -0.2) is 16.8 Å². The smallest absolute Gasteiger partial charge is 0.274 e. The average molecular weight is 342 g/mol. The van der Waals surface area contributed by atoms with Crippen LogP contribution >= 0.6 is 0 Å². The summed E-state index contributed by atoms with van der Waals surface area (Å²) in [4.78, 5) is 28.8. The van der Waals surface area contributed by atoms with Crippen molar-refractivity contribution in [2.75, 3.05) is 10.6 Å². The third-order valence-corrected chi connectivity index (χ3v) is 3.54. The van der Waals surface area contributed by atoms with E-state index in [4.69, 9.17) is 5.26 Å². The van der Waals surface area contributed by atoms with Crippen LogP contribution in [0, 0.1) is 11.3 Å². The second kappa shape index (κ2) is 7.73. The summed E-state index contributed by atoms with van der Waals surface area (Å²) in [6, 6.07) is 22.2. The Kier molecular flexibility index (Phi) is 5.01. The first-order valence-corrected chi connectivity index (χ1v) is 7.81. The number of nitriles is 1. The highest BCUT2D eigenvalue weighted by Crippen LogP contribution is 2.15. The molecule has 3 aromatic rings. The molecule has 6 nitrogen and oxygen atoms in total. The van der Waals surface area contributed by atoms with Gasteiger partial charge in [-0.15, -0.1) is 0 Å². The first kappa shape index (κ1) is 16.9. The molecule has 2 aromatic carbocycles. The van der Waals surface area contributed by atoms with Gasteiger partial charge in [0.15, 0.2) is 0 Å². The number of rotatable bonds is 4. The summed E-state index contributed by atoms with van der Waals surface area (Å²) in [7, 11) is 0. The summed E-state index contributed by atoms with van der Waals surface area (Å²) in [5, 5.41) is 14.4. The highest BCUT2D eigenvalue weighted by molar-refractivity contribution is 6.06. The Morgan fingerprint density at radius 1 is 0.769 bits per heavy atom. The second-order valence-electron chi connectivity index (χ2n) is 5.34. The molecule has 0 radical (unpaired) electrons. The van der Waals surface area contributed by atoms with Crippen molar-refractivity contribution in [3.05, 3.63) is 89.7 Å². The number of nitrogens with zero attached hydrogens (tertiary/aromatic N) is 2. The fourth-order valence-electron chi connectivity index (χ4n) is 2.28. The fraction of sp³-hybridized carbons (Fsp3) is 0. The molecule has 1 heterocycles. The normalized spacial score (nSPS) is 9.81. The van der Waals surface area contributed by atoms with E-state index in [9.17, 15) is 9.59 Å². The molecule has 0 unspecified atom stereocenters. The minimum atomic E-state index is -0.498. The zero-order chi connectivity index (χ0) is 18.4. The molecule has 0 atom stereocenters. The number of hydrogen-bond donors (Lipinski definition) is 2. The zero-order valence-corrected chi connectivity index (χ0v) is 13.6. The number of nitrogens with one attached hydrogen (secondary N) is 2. The number of anilines is 2. The number of carbonyl (C=O) groups is 2. The van der Waals surface area contributed by atoms with Crippen molar-refractivity contribution in [1.82, 2.24) is 4.98 Å². The van der Waals surface area contributed by atoms with Gasteiger partial charge in [-0.25, -0.2) is 4.98 Å². The molecule has 0 saturated heterocycles. The third kappa shape index (κ3) is 3.91. The molecule has 0 bridgehead atoms. The molecule has 0 aliphatic heterocycles. The van der Waals surface area contributed by atoms with Gasteiger partial charge in [0, 0.05) is 5.69 Å². The largest absolute Gasteiger partial charge is 0.321 e. The number of aromatic nitrogens is 1. The van der Waals surface area contributed by atoms with Crippen LogP contribution in [0.3, 0.4) is 0 Å². The molecule has 2 N–H and O–H groups in total. The van der Waals surface area contributed by atoms with Crippen LogP contribution in [0.2, 0.25) is 0 Å². The molecule has 3 rings (SSSR count). The third-order valence-electron chi connectivity index (χ3n) is 3.54. The Morgan fingerprint density at radius 2 is 1.38 bits per heavy atom. The predicted octanol–water partition coefficient (Wildman–Crippen LogP) is 3.46. The standard InChI is InChI=1S/C20H14N4O2/c21-13-14-7-4-5-10-16(14)24-20(26)18-12-6-11-17(23-18)19(25)22-15-8-2-1-3-9-15/h1-12H,(H,22,25)(H,24,26). The SMILES string of the molecule is N#Cc1ccccc1NC(=O)c1cccc(C(=O)Nc2ccccc2)n1. The molecular weight excluding hydrogens is 328 g/mol. The highest BCUT2D eigenvalue weighted by Gasteiger charge is 2.14. The summed E-state index contributed by atoms with van der Waals surface area (Å²) >= 11 is 0. The van der Waals surface area contributed by atoms with Crippen molar-refractivity contribution >= 4 is 23.2 Å². The van der Waals surface area contributed by atoms with Crippen LogP contribution in [-0.2, 0) is 0 Å². The van der Waals surface area contributed by atoms with Gasteiger partial charge < -0.3 is 10.6 Å². The lowest BCUT2D eigenvalue weighted by molar-refractivity contribution is 0.101. The van der Waals surface area contributed by atoms with Crippen LogP contribution < -0.4 is 10.6 Å². The molecule has 126 valence electrons. The summed E-state index contributed by atoms with van der Waals surface area (Å²) in [6.07, 6.45) is 0. The van der Waals surface area contributed by atoms with Crippen LogP contribution in [0.25, 0.3) is 0 Å². The minimum Gasteiger partial charge on any atom is -0.321 e. The fourth-order valence-corrected chi connectivity index (χ4v) is 2.28. The lowest BCUT2D eigenvalue weighted by Crippen LogP contribution is -2.18. The van der Waals surface area contributed by atoms with Gasteiger partial charge in [-0.1, -0.05) is 36.4 Å². The van der Waals surface area contributed by atoms with Crippen molar-refractivity contribution in [2.24, 2.45) is 0 Å². The number of amides is 2. The van der Waals surface area contributed by atoms with E-state index < -0.39 is 11.8 Å². The maximum Gasteiger partial charge on any atom is 0.274 e. The van der Waals surface area contributed by atoms with Crippen LogP contribution in [0.1, 0.15) is 26.5 Å². The van der Waals surface area contributed by atoms with Gasteiger partial charge in [0.1, 0.15) is 17.5 Å². The number of hydrogen-bond acceptors (Lipinski definition) is 4. The first-order chi connectivity index (χ1) is 12.7. The van der Waals surface area contributed by atoms with E-state index in [0.717, 1.165) is 0 Å². The van der Waals surface area contributed by atoms with Gasteiger partial charge in [-0.3, -0.25) is 9.59 Å². The van der Waals surface area contributed by atoms with E-state index in [1.54, 1.807) is 54.6 Å². The molecule has 6 heteroatoms. The number of carbonyl (C=O) groups excluding carboxylic acids is 2. The van der Waals surface area contributed by atoms with E-state index in [-0.39, 0.29) is 11.4 Å². The van der Waals surface area contributed by atoms with Gasteiger partial charge in [0.05, 0.1) is 11.3 Å². The van der Waals surface area contributed by atoms with E-state index >= 15 is 0 Å². The first-order valence-electron chi connectivity index (χ1n) is 7.81. The van der Waals surface area contributed by atoms with Gasteiger partial charge >= 0.3 is 0 Å². The van der Waals surface area contributed by atoms with Crippen molar-refractivity contribution < 1.29 is 9.59 Å². The molecule has 2 amide bonds.